The van der Waals surface area contributed by atoms with Crippen LogP contribution in [-0.4, -0.2) is 5.54 Å². The van der Waals surface area contributed by atoms with Crippen molar-refractivity contribution in [1.29, 1.82) is 0 Å². The van der Waals surface area contributed by atoms with Gasteiger partial charge in [-0.2, -0.15) is 0 Å². The van der Waals surface area contributed by atoms with E-state index >= 15 is 0 Å². The first-order chi connectivity index (χ1) is 4.63. The Morgan fingerprint density at radius 3 is 2.10 bits per heavy atom. The van der Waals surface area contributed by atoms with E-state index in [4.69, 9.17) is 6.57 Å². The highest BCUT2D eigenvalue weighted by atomic mass is 15.0. The fourth-order valence-electron chi connectivity index (χ4n) is 2.54. The van der Waals surface area contributed by atoms with Crippen molar-refractivity contribution in [3.8, 4) is 0 Å². The first-order valence-electron chi connectivity index (χ1n) is 4.01. The predicted octanol–water partition coefficient (Wildman–Crippen LogP) is 2.48. The van der Waals surface area contributed by atoms with Gasteiger partial charge in [-0.15, -0.1) is 0 Å². The lowest BCUT2D eigenvalue weighted by Crippen LogP contribution is -2.67. The van der Waals surface area contributed by atoms with E-state index < -0.39 is 0 Å². The molecule has 0 spiro atoms. The Labute approximate surface area is 62.2 Å². The van der Waals surface area contributed by atoms with Gasteiger partial charge < -0.3 is 4.85 Å². The number of hydrogen-bond donors (Lipinski definition) is 0. The molecule has 2 bridgehead atoms. The molecule has 0 aromatic carbocycles. The average Bonchev–Trinajstić information content (AvgIpc) is 1.57. The smallest absolute Gasteiger partial charge is 0.234 e. The zero-order chi connectivity index (χ0) is 7.41. The summed E-state index contributed by atoms with van der Waals surface area (Å²) >= 11 is 0. The third-order valence-electron chi connectivity index (χ3n) is 3.51. The van der Waals surface area contributed by atoms with Crippen molar-refractivity contribution in [2.75, 3.05) is 0 Å². The van der Waals surface area contributed by atoms with Crippen LogP contribution in [0.2, 0.25) is 0 Å². The van der Waals surface area contributed by atoms with Crippen molar-refractivity contribution in [3.05, 3.63) is 11.4 Å². The lowest BCUT2D eigenvalue weighted by molar-refractivity contribution is -0.140. The Balaban J connectivity index is 2.06. The lowest BCUT2D eigenvalue weighted by Gasteiger charge is -2.64. The van der Waals surface area contributed by atoms with Gasteiger partial charge in [0.25, 0.3) is 0 Å². The maximum Gasteiger partial charge on any atom is 0.234 e. The second-order valence-electron chi connectivity index (χ2n) is 4.38. The third-order valence-corrected chi connectivity index (χ3v) is 3.51. The average molecular weight is 135 g/mol. The van der Waals surface area contributed by atoms with Crippen molar-refractivity contribution >= 4 is 0 Å². The molecular weight excluding hydrogens is 122 g/mol. The van der Waals surface area contributed by atoms with Crippen LogP contribution in [0.4, 0.5) is 0 Å². The molecule has 3 saturated carbocycles. The van der Waals surface area contributed by atoms with Gasteiger partial charge in [0, 0.05) is 19.3 Å². The van der Waals surface area contributed by atoms with Gasteiger partial charge in [-0.25, -0.2) is 6.57 Å². The molecule has 3 aliphatic carbocycles. The first kappa shape index (κ1) is 6.22. The monoisotopic (exact) mass is 135 g/mol. The molecule has 0 radical (unpaired) electrons. The van der Waals surface area contributed by atoms with Gasteiger partial charge in [0.2, 0.25) is 5.54 Å². The quantitative estimate of drug-likeness (QED) is 0.486. The highest BCUT2D eigenvalue weighted by Gasteiger charge is 2.75. The standard InChI is InChI=1S/C9H13N/c1-7(2)8-4-9(5-8,6-8)10-3/h7H,4-6H2,1-2H3. The number of rotatable bonds is 1. The van der Waals surface area contributed by atoms with Crippen LogP contribution in [0.5, 0.6) is 0 Å². The van der Waals surface area contributed by atoms with Gasteiger partial charge in [-0.1, -0.05) is 13.8 Å². The van der Waals surface area contributed by atoms with Crippen molar-refractivity contribution in [2.45, 2.75) is 38.6 Å². The van der Waals surface area contributed by atoms with Crippen LogP contribution < -0.4 is 0 Å². The fraction of sp³-hybridized carbons (Fsp3) is 0.889. The molecule has 0 heterocycles. The molecule has 0 amide bonds. The van der Waals surface area contributed by atoms with Crippen LogP contribution in [0.15, 0.2) is 0 Å². The zero-order valence-electron chi connectivity index (χ0n) is 6.65. The van der Waals surface area contributed by atoms with Crippen LogP contribution in [0.3, 0.4) is 0 Å². The van der Waals surface area contributed by atoms with Gasteiger partial charge in [0.1, 0.15) is 0 Å². The van der Waals surface area contributed by atoms with Gasteiger partial charge in [-0.05, 0) is 11.3 Å². The number of hydrogen-bond acceptors (Lipinski definition) is 0. The van der Waals surface area contributed by atoms with Crippen LogP contribution in [0, 0.1) is 17.9 Å². The Hall–Kier alpha value is -0.510. The van der Waals surface area contributed by atoms with E-state index in [1.54, 1.807) is 0 Å². The Morgan fingerprint density at radius 2 is 1.80 bits per heavy atom. The number of nitrogens with zero attached hydrogens (tertiary/aromatic N) is 1. The van der Waals surface area contributed by atoms with E-state index in [9.17, 15) is 0 Å². The Bertz CT molecular complexity index is 189. The van der Waals surface area contributed by atoms with E-state index in [2.05, 4.69) is 18.7 Å². The van der Waals surface area contributed by atoms with Gasteiger partial charge >= 0.3 is 0 Å². The van der Waals surface area contributed by atoms with Crippen molar-refractivity contribution in [3.63, 3.8) is 0 Å². The normalized spacial score (nSPS) is 49.4. The summed E-state index contributed by atoms with van der Waals surface area (Å²) in [5.74, 6) is 0.802. The molecule has 0 saturated heterocycles. The summed E-state index contributed by atoms with van der Waals surface area (Å²) < 4.78 is 0. The SMILES string of the molecule is [C-]#[N+]C12CC(C(C)C)(C1)C2. The van der Waals surface area contributed by atoms with E-state index in [0.29, 0.717) is 5.41 Å². The van der Waals surface area contributed by atoms with Crippen molar-refractivity contribution in [1.82, 2.24) is 0 Å². The van der Waals surface area contributed by atoms with Crippen LogP contribution in [0.25, 0.3) is 4.85 Å². The minimum absolute atomic E-state index is 0.143. The van der Waals surface area contributed by atoms with Crippen LogP contribution in [-0.2, 0) is 0 Å². The molecule has 1 nitrogen and oxygen atoms in total. The lowest BCUT2D eigenvalue weighted by atomic mass is 9.36. The molecule has 3 fully saturated rings. The van der Waals surface area contributed by atoms with Gasteiger partial charge in [0.05, 0.1) is 0 Å². The van der Waals surface area contributed by atoms with Crippen LogP contribution >= 0.6 is 0 Å². The topological polar surface area (TPSA) is 4.36 Å². The summed E-state index contributed by atoms with van der Waals surface area (Å²) in [6.45, 7) is 11.5. The Kier molecular flexibility index (Phi) is 0.866. The van der Waals surface area contributed by atoms with E-state index in [1.807, 2.05) is 0 Å². The highest BCUT2D eigenvalue weighted by Crippen LogP contribution is 2.72. The minimum Gasteiger partial charge on any atom is -0.310 e. The maximum atomic E-state index is 6.95. The second kappa shape index (κ2) is 1.39. The summed E-state index contributed by atoms with van der Waals surface area (Å²) in [5.41, 5.74) is 0.759. The molecule has 54 valence electrons. The molecule has 0 aliphatic heterocycles. The first-order valence-corrected chi connectivity index (χ1v) is 4.01. The molecule has 3 aliphatic rings. The van der Waals surface area contributed by atoms with Gasteiger partial charge in [0.15, 0.2) is 0 Å². The summed E-state index contributed by atoms with van der Waals surface area (Å²) in [7, 11) is 0. The van der Waals surface area contributed by atoms with E-state index in [0.717, 1.165) is 5.92 Å². The molecule has 0 aromatic heterocycles. The second-order valence-corrected chi connectivity index (χ2v) is 4.38. The molecule has 0 atom stereocenters. The molecule has 0 aromatic rings. The highest BCUT2D eigenvalue weighted by molar-refractivity contribution is 5.28. The molecule has 3 rings (SSSR count). The third kappa shape index (κ3) is 0.450. The summed E-state index contributed by atoms with van der Waals surface area (Å²) in [6, 6.07) is 0. The van der Waals surface area contributed by atoms with Crippen LogP contribution in [0.1, 0.15) is 33.1 Å². The molecule has 0 N–H and O–H groups in total. The molecule has 10 heavy (non-hydrogen) atoms. The fourth-order valence-corrected chi connectivity index (χ4v) is 2.54. The van der Waals surface area contributed by atoms with Crippen molar-refractivity contribution in [2.24, 2.45) is 11.3 Å². The summed E-state index contributed by atoms with van der Waals surface area (Å²) in [6.07, 6.45) is 3.59. The molecule has 0 unspecified atom stereocenters. The Morgan fingerprint density at radius 1 is 1.30 bits per heavy atom. The van der Waals surface area contributed by atoms with Crippen molar-refractivity contribution < 1.29 is 0 Å². The van der Waals surface area contributed by atoms with E-state index in [-0.39, 0.29) is 5.54 Å². The van der Waals surface area contributed by atoms with E-state index in [1.165, 1.54) is 19.3 Å². The summed E-state index contributed by atoms with van der Waals surface area (Å²) in [4.78, 5) is 3.67. The maximum absolute atomic E-state index is 6.95. The van der Waals surface area contributed by atoms with Gasteiger partial charge in [-0.3, -0.25) is 0 Å². The molecule has 1 heteroatoms. The summed E-state index contributed by atoms with van der Waals surface area (Å²) in [5, 5.41) is 0. The minimum atomic E-state index is 0.143. The largest absolute Gasteiger partial charge is 0.310 e. The zero-order valence-corrected chi connectivity index (χ0v) is 6.65. The molecular formula is C9H13N. The predicted molar refractivity (Wildman–Crippen MR) is 40.5 cm³/mol.